The molecule has 0 aromatic carbocycles. The Hall–Kier alpha value is -0.450. The number of Topliss-reactive ketones (excluding diaryl/α,β-unsaturated/α-hetero) is 1. The zero-order chi connectivity index (χ0) is 10.1. The molecule has 13 heavy (non-hydrogen) atoms. The van der Waals surface area contributed by atoms with Crippen molar-refractivity contribution in [1.29, 1.82) is 0 Å². The van der Waals surface area contributed by atoms with E-state index in [1.807, 2.05) is 11.9 Å². The van der Waals surface area contributed by atoms with E-state index < -0.39 is 0 Å². The van der Waals surface area contributed by atoms with Gasteiger partial charge in [-0.1, -0.05) is 0 Å². The molecule has 0 saturated carbocycles. The maximum Gasteiger partial charge on any atom is 0.172 e. The lowest BCUT2D eigenvalue weighted by Crippen LogP contribution is -2.29. The molecule has 0 aliphatic heterocycles. The summed E-state index contributed by atoms with van der Waals surface area (Å²) in [5.74, 6) is 0.113. The van der Waals surface area contributed by atoms with Crippen LogP contribution in [0, 0.1) is 0 Å². The van der Waals surface area contributed by atoms with Gasteiger partial charge in [0.1, 0.15) is 6.61 Å². The number of carbonyl (C=O) groups excluding carboxylic acids is 1. The number of hydrogen-bond acceptors (Lipinski definition) is 4. The highest BCUT2D eigenvalue weighted by Crippen LogP contribution is 1.88. The van der Waals surface area contributed by atoms with Crippen molar-refractivity contribution in [2.45, 2.75) is 6.42 Å². The minimum absolute atomic E-state index is 0.113. The Bertz CT molecular complexity index is 139. The highest BCUT2D eigenvalue weighted by molar-refractivity contribution is 5.81. The van der Waals surface area contributed by atoms with Crippen molar-refractivity contribution in [3.63, 3.8) is 0 Å². The number of ketones is 1. The fourth-order valence-electron chi connectivity index (χ4n) is 1.07. The van der Waals surface area contributed by atoms with Gasteiger partial charge in [-0.15, -0.1) is 0 Å². The van der Waals surface area contributed by atoms with Crippen LogP contribution in [0.5, 0.6) is 0 Å². The third-order valence-corrected chi connectivity index (χ3v) is 1.64. The second kappa shape index (κ2) is 8.16. The Labute approximate surface area is 79.8 Å². The van der Waals surface area contributed by atoms with Crippen LogP contribution < -0.4 is 0 Å². The lowest BCUT2D eigenvalue weighted by Gasteiger charge is -2.14. The summed E-state index contributed by atoms with van der Waals surface area (Å²) in [5, 5.41) is 0. The van der Waals surface area contributed by atoms with Crippen LogP contribution in [0.1, 0.15) is 6.42 Å². The van der Waals surface area contributed by atoms with Crippen molar-refractivity contribution in [2.75, 3.05) is 47.6 Å². The minimum atomic E-state index is 0.113. The van der Waals surface area contributed by atoms with Crippen molar-refractivity contribution < 1.29 is 14.3 Å². The Balaban J connectivity index is 3.38. The van der Waals surface area contributed by atoms with Gasteiger partial charge in [0.05, 0.1) is 6.54 Å². The van der Waals surface area contributed by atoms with Crippen molar-refractivity contribution in [2.24, 2.45) is 0 Å². The molecule has 0 fully saturated rings. The lowest BCUT2D eigenvalue weighted by atomic mass is 10.3. The van der Waals surface area contributed by atoms with Gasteiger partial charge >= 0.3 is 0 Å². The maximum atomic E-state index is 11.1. The summed E-state index contributed by atoms with van der Waals surface area (Å²) in [5.41, 5.74) is 0. The number of methoxy groups -OCH3 is 2. The molecule has 0 heterocycles. The number of ether oxygens (including phenoxy) is 2. The molecule has 0 aliphatic carbocycles. The molecule has 0 radical (unpaired) electrons. The summed E-state index contributed by atoms with van der Waals surface area (Å²) in [6.45, 7) is 2.28. The van der Waals surface area contributed by atoms with Crippen LogP contribution in [0.4, 0.5) is 0 Å². The predicted octanol–water partition coefficient (Wildman–Crippen LogP) is 0.170. The van der Waals surface area contributed by atoms with E-state index in [0.717, 1.165) is 19.6 Å². The van der Waals surface area contributed by atoms with Crippen LogP contribution in [-0.2, 0) is 14.3 Å². The molecule has 0 aromatic rings. The highest BCUT2D eigenvalue weighted by Gasteiger charge is 2.05. The molecule has 0 bridgehead atoms. The Kier molecular flexibility index (Phi) is 7.88. The zero-order valence-corrected chi connectivity index (χ0v) is 8.71. The minimum Gasteiger partial charge on any atom is -0.385 e. The van der Waals surface area contributed by atoms with Gasteiger partial charge in [0.15, 0.2) is 5.78 Å². The van der Waals surface area contributed by atoms with Crippen LogP contribution >= 0.6 is 0 Å². The molecule has 0 spiro atoms. The third kappa shape index (κ3) is 7.90. The third-order valence-electron chi connectivity index (χ3n) is 1.64. The number of carbonyl (C=O) groups is 1. The first-order valence-corrected chi connectivity index (χ1v) is 4.38. The van der Waals surface area contributed by atoms with Crippen LogP contribution in [0.2, 0.25) is 0 Å². The molecule has 0 saturated heterocycles. The summed E-state index contributed by atoms with van der Waals surface area (Å²) in [4.78, 5) is 13.1. The molecule has 4 nitrogen and oxygen atoms in total. The molecule has 0 N–H and O–H groups in total. The SMILES string of the molecule is COCCCN(C)CC(=O)COC. The molecule has 0 aliphatic rings. The van der Waals surface area contributed by atoms with E-state index >= 15 is 0 Å². The second-order valence-electron chi connectivity index (χ2n) is 3.06. The summed E-state index contributed by atoms with van der Waals surface area (Å²) in [6, 6.07) is 0. The normalized spacial score (nSPS) is 10.8. The molecule has 0 rings (SSSR count). The number of likely N-dealkylation sites (N-methyl/N-ethyl adjacent to an activating group) is 1. The largest absolute Gasteiger partial charge is 0.385 e. The predicted molar refractivity (Wildman–Crippen MR) is 50.9 cm³/mol. The Morgan fingerprint density at radius 2 is 2.00 bits per heavy atom. The first-order valence-electron chi connectivity index (χ1n) is 4.38. The number of rotatable bonds is 8. The molecule has 0 atom stereocenters. The summed E-state index contributed by atoms with van der Waals surface area (Å²) in [7, 11) is 5.13. The molecular weight excluding hydrogens is 170 g/mol. The first kappa shape index (κ1) is 12.6. The van der Waals surface area contributed by atoms with E-state index in [2.05, 4.69) is 0 Å². The van der Waals surface area contributed by atoms with Crippen LogP contribution in [0.3, 0.4) is 0 Å². The van der Waals surface area contributed by atoms with Crippen molar-refractivity contribution in [3.8, 4) is 0 Å². The standard InChI is InChI=1S/C9H19NO3/c1-10(5-4-6-12-2)7-9(11)8-13-3/h4-8H2,1-3H3. The molecule has 0 amide bonds. The fourth-order valence-corrected chi connectivity index (χ4v) is 1.07. The maximum absolute atomic E-state index is 11.1. The highest BCUT2D eigenvalue weighted by atomic mass is 16.5. The summed E-state index contributed by atoms with van der Waals surface area (Å²) < 4.78 is 9.64. The van der Waals surface area contributed by atoms with Crippen molar-refractivity contribution in [3.05, 3.63) is 0 Å². The molecule has 0 unspecified atom stereocenters. The average molecular weight is 189 g/mol. The van der Waals surface area contributed by atoms with Gasteiger partial charge in [-0.3, -0.25) is 9.69 Å². The van der Waals surface area contributed by atoms with E-state index in [0.29, 0.717) is 6.54 Å². The smallest absolute Gasteiger partial charge is 0.172 e. The van der Waals surface area contributed by atoms with Gasteiger partial charge in [-0.05, 0) is 13.5 Å². The first-order chi connectivity index (χ1) is 6.20. The summed E-state index contributed by atoms with van der Waals surface area (Å²) in [6.07, 6.45) is 0.952. The van der Waals surface area contributed by atoms with E-state index in [4.69, 9.17) is 9.47 Å². The van der Waals surface area contributed by atoms with Crippen molar-refractivity contribution >= 4 is 5.78 Å². The quantitative estimate of drug-likeness (QED) is 0.510. The van der Waals surface area contributed by atoms with E-state index in [-0.39, 0.29) is 12.4 Å². The Morgan fingerprint density at radius 1 is 1.31 bits per heavy atom. The van der Waals surface area contributed by atoms with E-state index in [1.165, 1.54) is 7.11 Å². The van der Waals surface area contributed by atoms with Gasteiger partial charge < -0.3 is 9.47 Å². The monoisotopic (exact) mass is 189 g/mol. The van der Waals surface area contributed by atoms with Crippen LogP contribution in [-0.4, -0.2) is 58.3 Å². The van der Waals surface area contributed by atoms with Crippen LogP contribution in [0.15, 0.2) is 0 Å². The molecule has 4 heteroatoms. The van der Waals surface area contributed by atoms with Gasteiger partial charge in [-0.25, -0.2) is 0 Å². The zero-order valence-electron chi connectivity index (χ0n) is 8.71. The average Bonchev–Trinajstić information content (AvgIpc) is 2.05. The van der Waals surface area contributed by atoms with Gasteiger partial charge in [0, 0.05) is 27.4 Å². The van der Waals surface area contributed by atoms with Gasteiger partial charge in [-0.2, -0.15) is 0 Å². The van der Waals surface area contributed by atoms with Crippen LogP contribution in [0.25, 0.3) is 0 Å². The second-order valence-corrected chi connectivity index (χ2v) is 3.06. The van der Waals surface area contributed by atoms with E-state index in [9.17, 15) is 4.79 Å². The number of hydrogen-bond donors (Lipinski definition) is 0. The fraction of sp³-hybridized carbons (Fsp3) is 0.889. The molecular formula is C9H19NO3. The van der Waals surface area contributed by atoms with E-state index in [1.54, 1.807) is 7.11 Å². The molecule has 0 aromatic heterocycles. The summed E-state index contributed by atoms with van der Waals surface area (Å²) >= 11 is 0. The van der Waals surface area contributed by atoms with Gasteiger partial charge in [0.2, 0.25) is 0 Å². The van der Waals surface area contributed by atoms with Crippen molar-refractivity contribution in [1.82, 2.24) is 4.90 Å². The topological polar surface area (TPSA) is 38.8 Å². The lowest BCUT2D eigenvalue weighted by molar-refractivity contribution is -0.123. The molecule has 78 valence electrons. The van der Waals surface area contributed by atoms with Gasteiger partial charge in [0.25, 0.3) is 0 Å². The number of nitrogens with zero attached hydrogens (tertiary/aromatic N) is 1. The Morgan fingerprint density at radius 3 is 2.54 bits per heavy atom.